The Labute approximate surface area is 96.5 Å². The fraction of sp³-hybridized carbons (Fsp3) is 0.200. The summed E-state index contributed by atoms with van der Waals surface area (Å²) in [6, 6.07) is 4.39. The van der Waals surface area contributed by atoms with Gasteiger partial charge in [0.05, 0.1) is 17.7 Å². The minimum atomic E-state index is -0.501. The fourth-order valence-electron chi connectivity index (χ4n) is 1.50. The first-order valence-corrected chi connectivity index (χ1v) is 4.86. The highest BCUT2D eigenvalue weighted by atomic mass is 16.6. The molecule has 1 N–H and O–H groups in total. The molecule has 1 aromatic heterocycles. The van der Waals surface area contributed by atoms with Gasteiger partial charge in [-0.3, -0.25) is 10.1 Å². The number of aryl methyl sites for hydroxylation is 1. The predicted molar refractivity (Wildman–Crippen MR) is 59.0 cm³/mol. The van der Waals surface area contributed by atoms with Gasteiger partial charge in [-0.25, -0.2) is 0 Å². The summed E-state index contributed by atoms with van der Waals surface area (Å²) >= 11 is 0. The van der Waals surface area contributed by atoms with E-state index in [1.807, 2.05) is 0 Å². The molecule has 0 bridgehead atoms. The minimum absolute atomic E-state index is 0.0720. The van der Waals surface area contributed by atoms with E-state index < -0.39 is 4.92 Å². The Kier molecular flexibility index (Phi) is 2.84. The van der Waals surface area contributed by atoms with Gasteiger partial charge in [0, 0.05) is 24.7 Å². The normalized spacial score (nSPS) is 10.5. The third-order valence-corrected chi connectivity index (χ3v) is 2.27. The minimum Gasteiger partial charge on any atom is -0.392 e. The van der Waals surface area contributed by atoms with E-state index in [2.05, 4.69) is 10.2 Å². The van der Waals surface area contributed by atoms with Crippen LogP contribution in [0.1, 0.15) is 5.56 Å². The molecule has 7 nitrogen and oxygen atoms in total. The van der Waals surface area contributed by atoms with E-state index in [-0.39, 0.29) is 12.3 Å². The number of aromatic nitrogens is 3. The lowest BCUT2D eigenvalue weighted by molar-refractivity contribution is -0.384. The molecule has 1 aromatic carbocycles. The summed E-state index contributed by atoms with van der Waals surface area (Å²) in [7, 11) is 1.66. The summed E-state index contributed by atoms with van der Waals surface area (Å²) in [5, 5.41) is 27.8. The SMILES string of the molecule is Cn1ncc(-c2cc(CO)cc([N+](=O)[O-])c2)n1. The van der Waals surface area contributed by atoms with E-state index in [4.69, 9.17) is 5.11 Å². The molecule has 2 aromatic rings. The molecule has 0 aliphatic rings. The number of nitro groups is 1. The Morgan fingerprint density at radius 3 is 2.76 bits per heavy atom. The molecule has 2 rings (SSSR count). The highest BCUT2D eigenvalue weighted by Gasteiger charge is 2.12. The fourth-order valence-corrected chi connectivity index (χ4v) is 1.50. The summed E-state index contributed by atoms with van der Waals surface area (Å²) in [5.74, 6) is 0. The van der Waals surface area contributed by atoms with E-state index in [9.17, 15) is 10.1 Å². The summed E-state index contributed by atoms with van der Waals surface area (Å²) in [4.78, 5) is 11.6. The van der Waals surface area contributed by atoms with E-state index in [0.717, 1.165) is 0 Å². The topological polar surface area (TPSA) is 94.1 Å². The molecule has 17 heavy (non-hydrogen) atoms. The maximum absolute atomic E-state index is 10.7. The molecule has 0 atom stereocenters. The van der Waals surface area contributed by atoms with Crippen LogP contribution in [0.25, 0.3) is 11.3 Å². The molecular weight excluding hydrogens is 224 g/mol. The number of hydrogen-bond donors (Lipinski definition) is 1. The molecule has 0 spiro atoms. The highest BCUT2D eigenvalue weighted by molar-refractivity contribution is 5.62. The van der Waals surface area contributed by atoms with Gasteiger partial charge >= 0.3 is 0 Å². The van der Waals surface area contributed by atoms with Gasteiger partial charge in [0.25, 0.3) is 5.69 Å². The standard InChI is InChI=1S/C10H10N4O3/c1-13-11-5-10(12-13)8-2-7(6-15)3-9(4-8)14(16)17/h2-5,15H,6H2,1H3. The summed E-state index contributed by atoms with van der Waals surface area (Å²) in [6.45, 7) is -0.255. The Hall–Kier alpha value is -2.28. The first kappa shape index (κ1) is 11.2. The van der Waals surface area contributed by atoms with Gasteiger partial charge in [-0.2, -0.15) is 15.0 Å². The summed E-state index contributed by atoms with van der Waals surface area (Å²) in [6.07, 6.45) is 1.51. The second-order valence-electron chi connectivity index (χ2n) is 3.52. The lowest BCUT2D eigenvalue weighted by atomic mass is 10.1. The molecule has 0 unspecified atom stereocenters. The Bertz CT molecular complexity index is 564. The van der Waals surface area contributed by atoms with E-state index in [1.165, 1.54) is 23.1 Å². The number of aliphatic hydroxyl groups is 1. The van der Waals surface area contributed by atoms with Gasteiger partial charge in [0.1, 0.15) is 5.69 Å². The lowest BCUT2D eigenvalue weighted by Gasteiger charge is -2.01. The molecule has 1 heterocycles. The van der Waals surface area contributed by atoms with Crippen molar-refractivity contribution in [1.82, 2.24) is 15.0 Å². The molecule has 88 valence electrons. The van der Waals surface area contributed by atoms with Crippen molar-refractivity contribution in [2.75, 3.05) is 0 Å². The van der Waals surface area contributed by atoms with Gasteiger partial charge < -0.3 is 5.11 Å². The smallest absolute Gasteiger partial charge is 0.270 e. The van der Waals surface area contributed by atoms with Gasteiger partial charge in [-0.15, -0.1) is 0 Å². The van der Waals surface area contributed by atoms with Crippen molar-refractivity contribution < 1.29 is 10.0 Å². The Morgan fingerprint density at radius 2 is 2.24 bits per heavy atom. The molecule has 0 saturated heterocycles. The van der Waals surface area contributed by atoms with E-state index in [0.29, 0.717) is 16.8 Å². The number of nitro benzene ring substituents is 1. The van der Waals surface area contributed by atoms with Crippen molar-refractivity contribution in [2.24, 2.45) is 7.05 Å². The number of rotatable bonds is 3. The van der Waals surface area contributed by atoms with Gasteiger partial charge in [0.15, 0.2) is 0 Å². The van der Waals surface area contributed by atoms with Crippen LogP contribution in [0.2, 0.25) is 0 Å². The average Bonchev–Trinajstić information content (AvgIpc) is 2.75. The number of benzene rings is 1. The second kappa shape index (κ2) is 4.30. The summed E-state index contributed by atoms with van der Waals surface area (Å²) in [5.41, 5.74) is 1.50. The number of hydrogen-bond acceptors (Lipinski definition) is 5. The molecule has 0 saturated carbocycles. The molecule has 0 aliphatic carbocycles. The number of non-ortho nitro benzene ring substituents is 1. The predicted octanol–water partition coefficient (Wildman–Crippen LogP) is 0.883. The van der Waals surface area contributed by atoms with Crippen LogP contribution in [0, 0.1) is 10.1 Å². The quantitative estimate of drug-likeness (QED) is 0.628. The molecule has 0 radical (unpaired) electrons. The zero-order valence-electron chi connectivity index (χ0n) is 9.07. The van der Waals surface area contributed by atoms with Crippen molar-refractivity contribution in [3.63, 3.8) is 0 Å². The zero-order valence-corrected chi connectivity index (χ0v) is 9.07. The first-order valence-electron chi connectivity index (χ1n) is 4.86. The Morgan fingerprint density at radius 1 is 1.47 bits per heavy atom. The largest absolute Gasteiger partial charge is 0.392 e. The van der Waals surface area contributed by atoms with Crippen LogP contribution in [0.3, 0.4) is 0 Å². The van der Waals surface area contributed by atoms with Gasteiger partial charge in [-0.1, -0.05) is 0 Å². The van der Waals surface area contributed by atoms with Crippen molar-refractivity contribution >= 4 is 5.69 Å². The van der Waals surface area contributed by atoms with Crippen LogP contribution < -0.4 is 0 Å². The van der Waals surface area contributed by atoms with Crippen LogP contribution in [0.15, 0.2) is 24.4 Å². The lowest BCUT2D eigenvalue weighted by Crippen LogP contribution is -1.94. The van der Waals surface area contributed by atoms with Crippen molar-refractivity contribution in [3.05, 3.63) is 40.1 Å². The van der Waals surface area contributed by atoms with E-state index >= 15 is 0 Å². The first-order chi connectivity index (χ1) is 8.10. The number of nitrogens with zero attached hydrogens (tertiary/aromatic N) is 4. The molecular formula is C10H10N4O3. The molecule has 0 amide bonds. The van der Waals surface area contributed by atoms with Crippen LogP contribution >= 0.6 is 0 Å². The van der Waals surface area contributed by atoms with Crippen molar-refractivity contribution in [2.45, 2.75) is 6.61 Å². The zero-order chi connectivity index (χ0) is 12.4. The number of aliphatic hydroxyl groups excluding tert-OH is 1. The maximum Gasteiger partial charge on any atom is 0.270 e. The third kappa shape index (κ3) is 2.28. The molecule has 7 heteroatoms. The summed E-state index contributed by atoms with van der Waals surface area (Å²) < 4.78 is 0. The van der Waals surface area contributed by atoms with Crippen LogP contribution in [0.5, 0.6) is 0 Å². The third-order valence-electron chi connectivity index (χ3n) is 2.27. The average molecular weight is 234 g/mol. The molecule has 0 aliphatic heterocycles. The molecule has 0 fully saturated rings. The maximum atomic E-state index is 10.7. The monoisotopic (exact) mass is 234 g/mol. The van der Waals surface area contributed by atoms with E-state index in [1.54, 1.807) is 13.1 Å². The highest BCUT2D eigenvalue weighted by Crippen LogP contribution is 2.24. The Balaban J connectivity index is 2.53. The van der Waals surface area contributed by atoms with Gasteiger partial charge in [0.2, 0.25) is 0 Å². The van der Waals surface area contributed by atoms with Crippen molar-refractivity contribution in [3.8, 4) is 11.3 Å². The van der Waals surface area contributed by atoms with Crippen LogP contribution in [0.4, 0.5) is 5.69 Å². The van der Waals surface area contributed by atoms with Crippen LogP contribution in [-0.2, 0) is 13.7 Å². The van der Waals surface area contributed by atoms with Crippen molar-refractivity contribution in [1.29, 1.82) is 0 Å². The second-order valence-corrected chi connectivity index (χ2v) is 3.52. The van der Waals surface area contributed by atoms with Crippen LogP contribution in [-0.4, -0.2) is 25.0 Å². The van der Waals surface area contributed by atoms with Gasteiger partial charge in [-0.05, 0) is 11.6 Å².